The molecule has 0 heterocycles. The summed E-state index contributed by atoms with van der Waals surface area (Å²) in [6.45, 7) is 5.25. The molecule has 3 N–H and O–H groups in total. The Morgan fingerprint density at radius 3 is 2.62 bits per heavy atom. The van der Waals surface area contributed by atoms with Gasteiger partial charge in [-0.05, 0) is 41.9 Å². The van der Waals surface area contributed by atoms with E-state index in [0.717, 1.165) is 18.2 Å². The maximum Gasteiger partial charge on any atom is 0.220 e. The highest BCUT2D eigenvalue weighted by molar-refractivity contribution is 5.76. The van der Waals surface area contributed by atoms with E-state index in [1.54, 1.807) is 0 Å². The van der Waals surface area contributed by atoms with Crippen molar-refractivity contribution in [1.82, 2.24) is 5.32 Å². The summed E-state index contributed by atoms with van der Waals surface area (Å²) in [7, 11) is 0. The molecule has 2 rings (SSSR count). The van der Waals surface area contributed by atoms with Gasteiger partial charge in [-0.3, -0.25) is 4.79 Å². The van der Waals surface area contributed by atoms with Gasteiger partial charge in [-0.2, -0.15) is 0 Å². The van der Waals surface area contributed by atoms with E-state index in [0.29, 0.717) is 12.3 Å². The molecule has 3 atom stereocenters. The summed E-state index contributed by atoms with van der Waals surface area (Å²) in [4.78, 5) is 12.1. The van der Waals surface area contributed by atoms with Crippen LogP contribution in [0, 0.1) is 11.8 Å². The highest BCUT2D eigenvalue weighted by atomic mass is 16.1. The van der Waals surface area contributed by atoms with Crippen LogP contribution in [-0.4, -0.2) is 12.5 Å². The van der Waals surface area contributed by atoms with Gasteiger partial charge >= 0.3 is 0 Å². The van der Waals surface area contributed by atoms with Crippen LogP contribution in [0.3, 0.4) is 0 Å². The van der Waals surface area contributed by atoms with Crippen LogP contribution in [0.1, 0.15) is 57.4 Å². The van der Waals surface area contributed by atoms with Crippen LogP contribution >= 0.6 is 0 Å². The summed E-state index contributed by atoms with van der Waals surface area (Å²) >= 11 is 0. The zero-order chi connectivity index (χ0) is 15.2. The maximum absolute atomic E-state index is 12.1. The van der Waals surface area contributed by atoms with Crippen molar-refractivity contribution < 1.29 is 4.79 Å². The first-order valence-corrected chi connectivity index (χ1v) is 8.18. The van der Waals surface area contributed by atoms with Gasteiger partial charge in [0.15, 0.2) is 0 Å². The molecule has 0 aliphatic heterocycles. The lowest BCUT2D eigenvalue weighted by atomic mass is 9.80. The van der Waals surface area contributed by atoms with Crippen LogP contribution in [0.25, 0.3) is 0 Å². The first-order chi connectivity index (χ1) is 10.1. The molecule has 1 aromatic rings. The Morgan fingerprint density at radius 2 is 1.95 bits per heavy atom. The second-order valence-electron chi connectivity index (χ2n) is 6.60. The molecule has 0 spiro atoms. The van der Waals surface area contributed by atoms with E-state index in [1.807, 2.05) is 24.3 Å². The SMILES string of the molecule is CC(CC(=O)NCC1CCCCC1C)c1ccc(N)cc1. The van der Waals surface area contributed by atoms with E-state index in [9.17, 15) is 4.79 Å². The van der Waals surface area contributed by atoms with Crippen LogP contribution in [0.5, 0.6) is 0 Å². The molecule has 1 saturated carbocycles. The van der Waals surface area contributed by atoms with E-state index < -0.39 is 0 Å². The summed E-state index contributed by atoms with van der Waals surface area (Å²) in [5.41, 5.74) is 7.63. The lowest BCUT2D eigenvalue weighted by Gasteiger charge is -2.29. The van der Waals surface area contributed by atoms with E-state index in [-0.39, 0.29) is 11.8 Å². The van der Waals surface area contributed by atoms with Crippen LogP contribution in [0.15, 0.2) is 24.3 Å². The van der Waals surface area contributed by atoms with E-state index in [4.69, 9.17) is 5.73 Å². The quantitative estimate of drug-likeness (QED) is 0.812. The summed E-state index contributed by atoms with van der Waals surface area (Å²) < 4.78 is 0. The molecule has 21 heavy (non-hydrogen) atoms. The average molecular weight is 288 g/mol. The monoisotopic (exact) mass is 288 g/mol. The van der Waals surface area contributed by atoms with E-state index >= 15 is 0 Å². The first kappa shape index (κ1) is 15.9. The molecule has 1 aliphatic carbocycles. The third-order valence-corrected chi connectivity index (χ3v) is 4.85. The van der Waals surface area contributed by atoms with Gasteiger partial charge < -0.3 is 11.1 Å². The Kier molecular flexibility index (Phi) is 5.66. The molecule has 3 heteroatoms. The number of benzene rings is 1. The number of carbonyl (C=O) groups is 1. The number of anilines is 1. The average Bonchev–Trinajstić information content (AvgIpc) is 2.47. The highest BCUT2D eigenvalue weighted by Crippen LogP contribution is 2.29. The van der Waals surface area contributed by atoms with Crippen LogP contribution in [-0.2, 0) is 4.79 Å². The molecule has 116 valence electrons. The van der Waals surface area contributed by atoms with Gasteiger partial charge in [0.1, 0.15) is 0 Å². The first-order valence-electron chi connectivity index (χ1n) is 8.18. The molecule has 3 unspecified atom stereocenters. The van der Waals surface area contributed by atoms with Crippen LogP contribution in [0.2, 0.25) is 0 Å². The number of nitrogens with two attached hydrogens (primary N) is 1. The van der Waals surface area contributed by atoms with E-state index in [2.05, 4.69) is 19.2 Å². The van der Waals surface area contributed by atoms with Gasteiger partial charge in [-0.25, -0.2) is 0 Å². The van der Waals surface area contributed by atoms with Crippen LogP contribution < -0.4 is 11.1 Å². The highest BCUT2D eigenvalue weighted by Gasteiger charge is 2.21. The number of rotatable bonds is 5. The molecular formula is C18H28N2O. The summed E-state index contributed by atoms with van der Waals surface area (Å²) in [6.07, 6.45) is 5.77. The van der Waals surface area contributed by atoms with Gasteiger partial charge in [0, 0.05) is 18.7 Å². The summed E-state index contributed by atoms with van der Waals surface area (Å²) in [5.74, 6) is 1.80. The fraction of sp³-hybridized carbons (Fsp3) is 0.611. The van der Waals surface area contributed by atoms with Crippen molar-refractivity contribution in [3.05, 3.63) is 29.8 Å². The topological polar surface area (TPSA) is 55.1 Å². The lowest BCUT2D eigenvalue weighted by molar-refractivity contribution is -0.121. The fourth-order valence-corrected chi connectivity index (χ4v) is 3.23. The minimum atomic E-state index is 0.164. The zero-order valence-corrected chi connectivity index (χ0v) is 13.3. The van der Waals surface area contributed by atoms with Crippen molar-refractivity contribution in [3.63, 3.8) is 0 Å². The van der Waals surface area contributed by atoms with Crippen molar-refractivity contribution >= 4 is 11.6 Å². The predicted octanol–water partition coefficient (Wildman–Crippen LogP) is 3.70. The Bertz CT molecular complexity index is 455. The molecule has 0 radical (unpaired) electrons. The molecule has 0 saturated heterocycles. The molecule has 1 fully saturated rings. The zero-order valence-electron chi connectivity index (χ0n) is 13.3. The van der Waals surface area contributed by atoms with Crippen molar-refractivity contribution in [2.45, 2.75) is 51.9 Å². The van der Waals surface area contributed by atoms with Crippen molar-refractivity contribution in [2.24, 2.45) is 11.8 Å². The number of hydrogen-bond acceptors (Lipinski definition) is 2. The number of carbonyl (C=O) groups excluding carboxylic acids is 1. The Labute approximate surface area is 128 Å². The van der Waals surface area contributed by atoms with Crippen LogP contribution in [0.4, 0.5) is 5.69 Å². The van der Waals surface area contributed by atoms with Crippen molar-refractivity contribution in [2.75, 3.05) is 12.3 Å². The smallest absolute Gasteiger partial charge is 0.220 e. The minimum Gasteiger partial charge on any atom is -0.399 e. The largest absolute Gasteiger partial charge is 0.399 e. The van der Waals surface area contributed by atoms with Gasteiger partial charge in [-0.15, -0.1) is 0 Å². The van der Waals surface area contributed by atoms with Crippen molar-refractivity contribution in [3.8, 4) is 0 Å². The third kappa shape index (κ3) is 4.76. The third-order valence-electron chi connectivity index (χ3n) is 4.85. The summed E-state index contributed by atoms with van der Waals surface area (Å²) in [6, 6.07) is 7.81. The Hall–Kier alpha value is -1.51. The molecular weight excluding hydrogens is 260 g/mol. The lowest BCUT2D eigenvalue weighted by Crippen LogP contribution is -2.33. The number of hydrogen-bond donors (Lipinski definition) is 2. The maximum atomic E-state index is 12.1. The van der Waals surface area contributed by atoms with E-state index in [1.165, 1.54) is 31.2 Å². The minimum absolute atomic E-state index is 0.164. The number of nitrogens with one attached hydrogen (secondary N) is 1. The van der Waals surface area contributed by atoms with Gasteiger partial charge in [0.05, 0.1) is 0 Å². The molecule has 0 bridgehead atoms. The normalized spacial score (nSPS) is 23.5. The predicted molar refractivity (Wildman–Crippen MR) is 88.0 cm³/mol. The molecule has 1 aliphatic rings. The Morgan fingerprint density at radius 1 is 1.29 bits per heavy atom. The molecule has 3 nitrogen and oxygen atoms in total. The summed E-state index contributed by atoms with van der Waals surface area (Å²) in [5, 5.41) is 3.13. The Balaban J connectivity index is 1.77. The van der Waals surface area contributed by atoms with Gasteiger partial charge in [0.25, 0.3) is 0 Å². The number of amides is 1. The standard InChI is InChI=1S/C18H28N2O/c1-13-5-3-4-6-16(13)12-20-18(21)11-14(2)15-7-9-17(19)10-8-15/h7-10,13-14,16H,3-6,11-12,19H2,1-2H3,(H,20,21). The second-order valence-corrected chi connectivity index (χ2v) is 6.60. The second kappa shape index (κ2) is 7.48. The van der Waals surface area contributed by atoms with Gasteiger partial charge in [-0.1, -0.05) is 45.2 Å². The molecule has 1 aromatic carbocycles. The van der Waals surface area contributed by atoms with Gasteiger partial charge in [0.2, 0.25) is 5.91 Å². The fourth-order valence-electron chi connectivity index (χ4n) is 3.23. The molecule has 0 aromatic heterocycles. The number of nitrogen functional groups attached to an aromatic ring is 1. The molecule has 1 amide bonds. The van der Waals surface area contributed by atoms with Crippen molar-refractivity contribution in [1.29, 1.82) is 0 Å².